The van der Waals surface area contributed by atoms with Crippen LogP contribution in [0.3, 0.4) is 0 Å². The van der Waals surface area contributed by atoms with Gasteiger partial charge in [0, 0.05) is 20.1 Å². The topological polar surface area (TPSA) is 78.4 Å². The van der Waals surface area contributed by atoms with E-state index in [0.717, 1.165) is 0 Å². The molecule has 5 heteroatoms. The van der Waals surface area contributed by atoms with Crippen molar-refractivity contribution in [1.29, 1.82) is 0 Å². The summed E-state index contributed by atoms with van der Waals surface area (Å²) < 4.78 is 0. The Morgan fingerprint density at radius 2 is 1.93 bits per heavy atom. The molecule has 0 saturated heterocycles. The lowest BCUT2D eigenvalue weighted by Crippen LogP contribution is -2.47. The third-order valence-electron chi connectivity index (χ3n) is 1.80. The van der Waals surface area contributed by atoms with Crippen LogP contribution in [0.5, 0.6) is 0 Å². The Balaban J connectivity index is 4.09. The van der Waals surface area contributed by atoms with E-state index in [0.29, 0.717) is 12.5 Å². The van der Waals surface area contributed by atoms with Crippen molar-refractivity contribution in [1.82, 2.24) is 10.6 Å². The molecule has 0 aliphatic rings. The van der Waals surface area contributed by atoms with Gasteiger partial charge in [-0.15, -0.1) is 0 Å². The largest absolute Gasteiger partial charge is 0.396 e. The van der Waals surface area contributed by atoms with Gasteiger partial charge in [0.05, 0.1) is 0 Å². The van der Waals surface area contributed by atoms with Crippen LogP contribution in [0.2, 0.25) is 0 Å². The summed E-state index contributed by atoms with van der Waals surface area (Å²) in [4.78, 5) is 22.3. The van der Waals surface area contributed by atoms with Crippen LogP contribution < -0.4 is 10.6 Å². The molecule has 0 radical (unpaired) electrons. The molecule has 0 aromatic heterocycles. The van der Waals surface area contributed by atoms with E-state index in [4.69, 9.17) is 5.11 Å². The molecule has 0 fully saturated rings. The van der Waals surface area contributed by atoms with Gasteiger partial charge in [-0.1, -0.05) is 13.8 Å². The molecule has 5 nitrogen and oxygen atoms in total. The molecule has 1 unspecified atom stereocenters. The molecule has 3 N–H and O–H groups in total. The molecule has 15 heavy (non-hydrogen) atoms. The number of rotatable bonds is 6. The minimum atomic E-state index is -0.633. The molecule has 0 aromatic carbocycles. The van der Waals surface area contributed by atoms with Crippen LogP contribution in [0.25, 0.3) is 0 Å². The van der Waals surface area contributed by atoms with Gasteiger partial charge in [-0.25, -0.2) is 0 Å². The monoisotopic (exact) mass is 216 g/mol. The van der Waals surface area contributed by atoms with E-state index >= 15 is 0 Å². The molecule has 2 amide bonds. The number of hydrogen-bond acceptors (Lipinski definition) is 3. The van der Waals surface area contributed by atoms with Crippen molar-refractivity contribution in [2.24, 2.45) is 5.92 Å². The minimum absolute atomic E-state index is 0.125. The maximum absolute atomic E-state index is 11.5. The smallest absolute Gasteiger partial charge is 0.242 e. The van der Waals surface area contributed by atoms with Gasteiger partial charge < -0.3 is 15.7 Å². The van der Waals surface area contributed by atoms with E-state index in [2.05, 4.69) is 10.6 Å². The van der Waals surface area contributed by atoms with E-state index in [1.807, 2.05) is 13.8 Å². The van der Waals surface area contributed by atoms with Crippen LogP contribution in [0, 0.1) is 5.92 Å². The summed E-state index contributed by atoms with van der Waals surface area (Å²) in [6.07, 6.45) is 0.240. The molecular formula is C10H20N2O3. The molecule has 88 valence electrons. The van der Waals surface area contributed by atoms with E-state index in [1.165, 1.54) is 6.92 Å². The van der Waals surface area contributed by atoms with Gasteiger partial charge in [-0.3, -0.25) is 9.59 Å². The standard InChI is InChI=1S/C10H20N2O3/c1-7(2)6-11-10(15)9(4-5-13)12-8(3)14/h7,9,13H,4-6H2,1-3H3,(H,11,15)(H,12,14). The van der Waals surface area contributed by atoms with Gasteiger partial charge in [-0.05, 0) is 12.3 Å². The zero-order valence-corrected chi connectivity index (χ0v) is 9.54. The van der Waals surface area contributed by atoms with Crippen LogP contribution >= 0.6 is 0 Å². The first kappa shape index (κ1) is 13.9. The third kappa shape index (κ3) is 6.90. The van der Waals surface area contributed by atoms with Crippen molar-refractivity contribution in [3.05, 3.63) is 0 Å². The maximum Gasteiger partial charge on any atom is 0.242 e. The maximum atomic E-state index is 11.5. The highest BCUT2D eigenvalue weighted by molar-refractivity contribution is 5.86. The summed E-state index contributed by atoms with van der Waals surface area (Å²) in [6.45, 7) is 5.76. The predicted molar refractivity (Wildman–Crippen MR) is 57.2 cm³/mol. The van der Waals surface area contributed by atoms with E-state index < -0.39 is 6.04 Å². The summed E-state index contributed by atoms with van der Waals surface area (Å²) in [5, 5.41) is 13.9. The normalized spacial score (nSPS) is 12.3. The first-order valence-electron chi connectivity index (χ1n) is 5.13. The van der Waals surface area contributed by atoms with Crippen molar-refractivity contribution in [3.63, 3.8) is 0 Å². The highest BCUT2D eigenvalue weighted by Crippen LogP contribution is 1.94. The second kappa shape index (κ2) is 7.23. The summed E-state index contributed by atoms with van der Waals surface area (Å²) >= 11 is 0. The number of aliphatic hydroxyl groups excluding tert-OH is 1. The number of carbonyl (C=O) groups excluding carboxylic acids is 2. The molecule has 0 aliphatic heterocycles. The number of hydrogen-bond donors (Lipinski definition) is 3. The van der Waals surface area contributed by atoms with Crippen molar-refractivity contribution < 1.29 is 14.7 Å². The van der Waals surface area contributed by atoms with Crippen LogP contribution in [0.4, 0.5) is 0 Å². The Labute approximate surface area is 90.2 Å². The van der Waals surface area contributed by atoms with Crippen molar-refractivity contribution in [3.8, 4) is 0 Å². The van der Waals surface area contributed by atoms with Crippen LogP contribution in [0.1, 0.15) is 27.2 Å². The summed E-state index contributed by atoms with van der Waals surface area (Å²) in [7, 11) is 0. The van der Waals surface area contributed by atoms with Crippen LogP contribution in [-0.4, -0.2) is 36.1 Å². The lowest BCUT2D eigenvalue weighted by molar-refractivity contribution is -0.128. The fraction of sp³-hybridized carbons (Fsp3) is 0.800. The Kier molecular flexibility index (Phi) is 6.70. The van der Waals surface area contributed by atoms with E-state index in [-0.39, 0.29) is 24.8 Å². The Hall–Kier alpha value is -1.10. The Morgan fingerprint density at radius 1 is 1.33 bits per heavy atom. The van der Waals surface area contributed by atoms with Gasteiger partial charge in [0.15, 0.2) is 0 Å². The summed E-state index contributed by atoms with van der Waals surface area (Å²) in [5.41, 5.74) is 0. The predicted octanol–water partition coefficient (Wildman–Crippen LogP) is -0.354. The van der Waals surface area contributed by atoms with Crippen LogP contribution in [-0.2, 0) is 9.59 Å². The average Bonchev–Trinajstić information content (AvgIpc) is 2.12. The van der Waals surface area contributed by atoms with Gasteiger partial charge >= 0.3 is 0 Å². The molecule has 0 spiro atoms. The lowest BCUT2D eigenvalue weighted by atomic mass is 10.1. The third-order valence-corrected chi connectivity index (χ3v) is 1.80. The number of aliphatic hydroxyl groups is 1. The van der Waals surface area contributed by atoms with Gasteiger partial charge in [0.25, 0.3) is 0 Å². The first-order chi connectivity index (χ1) is 6.97. The second-order valence-electron chi connectivity index (χ2n) is 3.90. The molecule has 0 rings (SSSR count). The van der Waals surface area contributed by atoms with Gasteiger partial charge in [0.2, 0.25) is 11.8 Å². The number of amides is 2. The molecule has 0 saturated carbocycles. The fourth-order valence-corrected chi connectivity index (χ4v) is 1.07. The fourth-order valence-electron chi connectivity index (χ4n) is 1.07. The molecule has 0 heterocycles. The minimum Gasteiger partial charge on any atom is -0.396 e. The SMILES string of the molecule is CC(=O)NC(CCO)C(=O)NCC(C)C. The summed E-state index contributed by atoms with van der Waals surface area (Å²) in [6, 6.07) is -0.633. The van der Waals surface area contributed by atoms with Crippen molar-refractivity contribution in [2.45, 2.75) is 33.2 Å². The average molecular weight is 216 g/mol. The van der Waals surface area contributed by atoms with Crippen molar-refractivity contribution in [2.75, 3.05) is 13.2 Å². The molecule has 0 aromatic rings. The lowest BCUT2D eigenvalue weighted by Gasteiger charge is -2.17. The van der Waals surface area contributed by atoms with E-state index in [1.54, 1.807) is 0 Å². The zero-order chi connectivity index (χ0) is 11.8. The zero-order valence-electron chi connectivity index (χ0n) is 9.54. The molecule has 0 aliphatic carbocycles. The molecule has 1 atom stereocenters. The van der Waals surface area contributed by atoms with E-state index in [9.17, 15) is 9.59 Å². The first-order valence-corrected chi connectivity index (χ1v) is 5.13. The second-order valence-corrected chi connectivity index (χ2v) is 3.90. The number of nitrogens with one attached hydrogen (secondary N) is 2. The Morgan fingerprint density at radius 3 is 2.33 bits per heavy atom. The van der Waals surface area contributed by atoms with Crippen molar-refractivity contribution >= 4 is 11.8 Å². The summed E-state index contributed by atoms with van der Waals surface area (Å²) in [5.74, 6) is -0.151. The number of carbonyl (C=O) groups is 2. The van der Waals surface area contributed by atoms with Gasteiger partial charge in [0.1, 0.15) is 6.04 Å². The highest BCUT2D eigenvalue weighted by Gasteiger charge is 2.18. The highest BCUT2D eigenvalue weighted by atomic mass is 16.3. The van der Waals surface area contributed by atoms with Crippen LogP contribution in [0.15, 0.2) is 0 Å². The van der Waals surface area contributed by atoms with Gasteiger partial charge in [-0.2, -0.15) is 0 Å². The molecule has 0 bridgehead atoms. The Bertz CT molecular complexity index is 217. The molecular weight excluding hydrogens is 196 g/mol. The quantitative estimate of drug-likeness (QED) is 0.567.